The molecule has 1 saturated heterocycles. The van der Waals surface area contributed by atoms with Crippen molar-refractivity contribution in [3.05, 3.63) is 23.2 Å². The predicted molar refractivity (Wildman–Crippen MR) is 72.2 cm³/mol. The number of hydrogen-bond acceptors (Lipinski definition) is 3. The van der Waals surface area contributed by atoms with Crippen LogP contribution in [0.15, 0.2) is 23.1 Å². The summed E-state index contributed by atoms with van der Waals surface area (Å²) in [7, 11) is 0. The van der Waals surface area contributed by atoms with Crippen LogP contribution in [0.4, 0.5) is 5.69 Å². The van der Waals surface area contributed by atoms with Gasteiger partial charge in [-0.1, -0.05) is 18.0 Å². The number of thioether (sulfide) groups is 1. The monoisotopic (exact) mass is 256 g/mol. The lowest BCUT2D eigenvalue weighted by Crippen LogP contribution is -2.35. The van der Waals surface area contributed by atoms with Crippen molar-refractivity contribution >= 4 is 29.1 Å². The standard InChI is InChI=1S/C12H17ClN2S/c13-9-4-5-11(14)12(7-9)16-8-10-3-1-2-6-15-10/h4-5,7,10,15H,1-3,6,8,14H2. The van der Waals surface area contributed by atoms with Crippen LogP contribution in [-0.2, 0) is 0 Å². The number of rotatable bonds is 3. The molecule has 2 rings (SSSR count). The molecule has 1 atom stereocenters. The van der Waals surface area contributed by atoms with Crippen LogP contribution in [0.3, 0.4) is 0 Å². The van der Waals surface area contributed by atoms with E-state index in [0.29, 0.717) is 6.04 Å². The zero-order valence-electron chi connectivity index (χ0n) is 9.21. The number of nitrogen functional groups attached to an aromatic ring is 1. The molecule has 4 heteroatoms. The number of benzene rings is 1. The van der Waals surface area contributed by atoms with E-state index in [1.807, 2.05) is 18.2 Å². The Bertz CT molecular complexity index is 351. The topological polar surface area (TPSA) is 38.0 Å². The molecule has 1 unspecified atom stereocenters. The summed E-state index contributed by atoms with van der Waals surface area (Å²) in [5, 5.41) is 4.29. The third kappa shape index (κ3) is 3.30. The van der Waals surface area contributed by atoms with Crippen LogP contribution in [0.5, 0.6) is 0 Å². The van der Waals surface area contributed by atoms with Crippen molar-refractivity contribution in [3.8, 4) is 0 Å². The summed E-state index contributed by atoms with van der Waals surface area (Å²) in [5.41, 5.74) is 6.73. The van der Waals surface area contributed by atoms with E-state index in [0.717, 1.165) is 27.9 Å². The molecule has 1 heterocycles. The van der Waals surface area contributed by atoms with Crippen molar-refractivity contribution in [1.29, 1.82) is 0 Å². The third-order valence-corrected chi connectivity index (χ3v) is 4.30. The molecule has 1 aliphatic heterocycles. The van der Waals surface area contributed by atoms with Crippen molar-refractivity contribution in [2.75, 3.05) is 18.0 Å². The first-order valence-corrected chi connectivity index (χ1v) is 7.03. The van der Waals surface area contributed by atoms with Crippen molar-refractivity contribution in [1.82, 2.24) is 5.32 Å². The summed E-state index contributed by atoms with van der Waals surface area (Å²) in [6.45, 7) is 1.15. The Morgan fingerprint density at radius 3 is 3.06 bits per heavy atom. The lowest BCUT2D eigenvalue weighted by Gasteiger charge is -2.23. The minimum absolute atomic E-state index is 0.622. The van der Waals surface area contributed by atoms with Gasteiger partial charge in [0, 0.05) is 27.4 Å². The highest BCUT2D eigenvalue weighted by atomic mass is 35.5. The first-order chi connectivity index (χ1) is 7.75. The Labute approximate surface area is 106 Å². The summed E-state index contributed by atoms with van der Waals surface area (Å²) in [5.74, 6) is 1.07. The van der Waals surface area contributed by atoms with Gasteiger partial charge >= 0.3 is 0 Å². The van der Waals surface area contributed by atoms with Crippen molar-refractivity contribution in [2.45, 2.75) is 30.2 Å². The molecular weight excluding hydrogens is 240 g/mol. The van der Waals surface area contributed by atoms with Crippen LogP contribution in [0.1, 0.15) is 19.3 Å². The lowest BCUT2D eigenvalue weighted by atomic mass is 10.1. The molecule has 88 valence electrons. The zero-order chi connectivity index (χ0) is 11.4. The Kier molecular flexibility index (Phi) is 4.38. The molecule has 1 aliphatic rings. The van der Waals surface area contributed by atoms with Crippen LogP contribution in [-0.4, -0.2) is 18.3 Å². The number of nitrogens with two attached hydrogens (primary N) is 1. The van der Waals surface area contributed by atoms with E-state index in [9.17, 15) is 0 Å². The number of hydrogen-bond donors (Lipinski definition) is 2. The second-order valence-corrected chi connectivity index (χ2v) is 5.64. The van der Waals surface area contributed by atoms with Crippen LogP contribution in [0.2, 0.25) is 5.02 Å². The van der Waals surface area contributed by atoms with E-state index in [-0.39, 0.29) is 0 Å². The molecule has 1 aromatic rings. The maximum atomic E-state index is 5.95. The van der Waals surface area contributed by atoms with E-state index in [1.165, 1.54) is 19.3 Å². The molecule has 0 saturated carbocycles. The number of anilines is 1. The normalized spacial score (nSPS) is 20.9. The molecule has 1 aromatic carbocycles. The molecule has 1 fully saturated rings. The molecule has 16 heavy (non-hydrogen) atoms. The Hall–Kier alpha value is -0.380. The van der Waals surface area contributed by atoms with Gasteiger partial charge in [0.1, 0.15) is 0 Å². The first kappa shape index (κ1) is 12.1. The molecular formula is C12H17ClN2S. The minimum atomic E-state index is 0.622. The van der Waals surface area contributed by atoms with Crippen molar-refractivity contribution in [2.24, 2.45) is 0 Å². The summed E-state index contributed by atoms with van der Waals surface area (Å²) >= 11 is 7.75. The average molecular weight is 257 g/mol. The van der Waals surface area contributed by atoms with Gasteiger partial charge in [-0.2, -0.15) is 0 Å². The summed E-state index contributed by atoms with van der Waals surface area (Å²) in [6.07, 6.45) is 3.91. The number of piperidine rings is 1. The van der Waals surface area contributed by atoms with E-state index < -0.39 is 0 Å². The molecule has 3 N–H and O–H groups in total. The Balaban J connectivity index is 1.90. The van der Waals surface area contributed by atoms with Crippen LogP contribution < -0.4 is 11.1 Å². The van der Waals surface area contributed by atoms with E-state index in [2.05, 4.69) is 5.32 Å². The van der Waals surface area contributed by atoms with Crippen LogP contribution >= 0.6 is 23.4 Å². The largest absolute Gasteiger partial charge is 0.398 e. The molecule has 0 radical (unpaired) electrons. The van der Waals surface area contributed by atoms with Gasteiger partial charge in [-0.15, -0.1) is 11.8 Å². The summed E-state index contributed by atoms with van der Waals surface area (Å²) < 4.78 is 0. The summed E-state index contributed by atoms with van der Waals surface area (Å²) in [6, 6.07) is 6.28. The molecule has 2 nitrogen and oxygen atoms in total. The second-order valence-electron chi connectivity index (χ2n) is 4.14. The molecule has 0 amide bonds. The van der Waals surface area contributed by atoms with Crippen molar-refractivity contribution in [3.63, 3.8) is 0 Å². The fourth-order valence-corrected chi connectivity index (χ4v) is 3.24. The third-order valence-electron chi connectivity index (χ3n) is 2.83. The highest BCUT2D eigenvalue weighted by Crippen LogP contribution is 2.29. The molecule has 0 aliphatic carbocycles. The van der Waals surface area contributed by atoms with Crippen molar-refractivity contribution < 1.29 is 0 Å². The molecule has 0 aromatic heterocycles. The van der Waals surface area contributed by atoms with Gasteiger partial charge < -0.3 is 11.1 Å². The number of halogens is 1. The van der Waals surface area contributed by atoms with Gasteiger partial charge in [-0.05, 0) is 37.6 Å². The van der Waals surface area contributed by atoms with Gasteiger partial charge in [0.15, 0.2) is 0 Å². The minimum Gasteiger partial charge on any atom is -0.398 e. The molecule has 0 spiro atoms. The zero-order valence-corrected chi connectivity index (χ0v) is 10.8. The predicted octanol–water partition coefficient (Wildman–Crippen LogP) is 3.16. The molecule has 0 bridgehead atoms. The quantitative estimate of drug-likeness (QED) is 0.645. The van der Waals surface area contributed by atoms with Gasteiger partial charge in [-0.3, -0.25) is 0 Å². The van der Waals surface area contributed by atoms with Gasteiger partial charge in [0.05, 0.1) is 0 Å². The van der Waals surface area contributed by atoms with Gasteiger partial charge in [0.25, 0.3) is 0 Å². The second kappa shape index (κ2) is 5.80. The first-order valence-electron chi connectivity index (χ1n) is 5.67. The van der Waals surface area contributed by atoms with Crippen LogP contribution in [0, 0.1) is 0 Å². The van der Waals surface area contributed by atoms with E-state index in [1.54, 1.807) is 11.8 Å². The SMILES string of the molecule is Nc1ccc(Cl)cc1SCC1CCCCN1. The number of nitrogens with one attached hydrogen (secondary N) is 1. The van der Waals surface area contributed by atoms with E-state index >= 15 is 0 Å². The smallest absolute Gasteiger partial charge is 0.0453 e. The van der Waals surface area contributed by atoms with Crippen LogP contribution in [0.25, 0.3) is 0 Å². The maximum absolute atomic E-state index is 5.95. The Morgan fingerprint density at radius 1 is 1.44 bits per heavy atom. The maximum Gasteiger partial charge on any atom is 0.0453 e. The Morgan fingerprint density at radius 2 is 2.31 bits per heavy atom. The van der Waals surface area contributed by atoms with Gasteiger partial charge in [0.2, 0.25) is 0 Å². The highest BCUT2D eigenvalue weighted by molar-refractivity contribution is 7.99. The fourth-order valence-electron chi connectivity index (χ4n) is 1.89. The lowest BCUT2D eigenvalue weighted by molar-refractivity contribution is 0.430. The fraction of sp³-hybridized carbons (Fsp3) is 0.500. The van der Waals surface area contributed by atoms with E-state index in [4.69, 9.17) is 17.3 Å². The highest BCUT2D eigenvalue weighted by Gasteiger charge is 2.13. The average Bonchev–Trinajstić information content (AvgIpc) is 2.32. The van der Waals surface area contributed by atoms with Gasteiger partial charge in [-0.25, -0.2) is 0 Å². The summed E-state index contributed by atoms with van der Waals surface area (Å²) in [4.78, 5) is 1.10.